The van der Waals surface area contributed by atoms with Gasteiger partial charge in [-0.2, -0.15) is 13.2 Å². The molecule has 22 heavy (non-hydrogen) atoms. The minimum atomic E-state index is -4.51. The summed E-state index contributed by atoms with van der Waals surface area (Å²) in [5, 5.41) is 0. The Morgan fingerprint density at radius 2 is 1.95 bits per heavy atom. The molecule has 1 aromatic carbocycles. The van der Waals surface area contributed by atoms with E-state index in [2.05, 4.69) is 0 Å². The maximum Gasteiger partial charge on any atom is 0.416 e. The summed E-state index contributed by atoms with van der Waals surface area (Å²) < 4.78 is 39.8. The molecule has 3 rings (SSSR count). The number of amides is 2. The van der Waals surface area contributed by atoms with Gasteiger partial charge in [0.25, 0.3) is 5.91 Å². The lowest BCUT2D eigenvalue weighted by atomic mass is 9.98. The molecule has 0 bridgehead atoms. The molecule has 0 spiro atoms. The van der Waals surface area contributed by atoms with Gasteiger partial charge in [-0.1, -0.05) is 0 Å². The fourth-order valence-corrected chi connectivity index (χ4v) is 3.04. The molecule has 118 valence electrons. The third kappa shape index (κ3) is 2.44. The van der Waals surface area contributed by atoms with E-state index in [0.717, 1.165) is 12.5 Å². The highest BCUT2D eigenvalue weighted by Gasteiger charge is 2.39. The summed E-state index contributed by atoms with van der Waals surface area (Å²) in [6.07, 6.45) is -3.36. The molecule has 0 aromatic heterocycles. The van der Waals surface area contributed by atoms with Gasteiger partial charge < -0.3 is 9.80 Å². The second kappa shape index (κ2) is 5.00. The Hall–Kier alpha value is -2.05. The van der Waals surface area contributed by atoms with Gasteiger partial charge in [-0.3, -0.25) is 9.59 Å². The Bertz CT molecular complexity index is 655. The van der Waals surface area contributed by atoms with Crippen LogP contribution in [0.2, 0.25) is 0 Å². The maximum absolute atomic E-state index is 13.3. The third-order valence-corrected chi connectivity index (χ3v) is 4.13. The molecule has 2 amide bonds. The Morgan fingerprint density at radius 3 is 2.55 bits per heavy atom. The SMILES string of the molecule is CN1Cc2c(cc(CN3CCCC3=O)cc2C(F)(F)F)C1=O. The van der Waals surface area contributed by atoms with E-state index in [0.29, 0.717) is 18.5 Å². The fourth-order valence-electron chi connectivity index (χ4n) is 3.04. The summed E-state index contributed by atoms with van der Waals surface area (Å²) >= 11 is 0. The number of carbonyl (C=O) groups excluding carboxylic acids is 2. The number of likely N-dealkylation sites (tertiary alicyclic amines) is 1. The number of nitrogens with zero attached hydrogens (tertiary/aromatic N) is 2. The largest absolute Gasteiger partial charge is 0.416 e. The van der Waals surface area contributed by atoms with Crippen molar-refractivity contribution in [1.82, 2.24) is 9.80 Å². The summed E-state index contributed by atoms with van der Waals surface area (Å²) in [5.41, 5.74) is -0.301. The van der Waals surface area contributed by atoms with Crippen molar-refractivity contribution in [2.75, 3.05) is 13.6 Å². The molecule has 0 N–H and O–H groups in total. The molecular formula is C15H15F3N2O2. The van der Waals surface area contributed by atoms with Gasteiger partial charge in [-0.15, -0.1) is 0 Å². The van der Waals surface area contributed by atoms with Gasteiger partial charge in [0.2, 0.25) is 5.91 Å². The second-order valence-electron chi connectivity index (χ2n) is 5.75. The van der Waals surface area contributed by atoms with E-state index in [1.54, 1.807) is 0 Å². The predicted octanol–water partition coefficient (Wildman–Crippen LogP) is 2.41. The summed E-state index contributed by atoms with van der Waals surface area (Å²) in [5.74, 6) is -0.465. The number of alkyl halides is 3. The van der Waals surface area contributed by atoms with Crippen LogP contribution in [0.3, 0.4) is 0 Å². The predicted molar refractivity (Wildman–Crippen MR) is 71.9 cm³/mol. The van der Waals surface area contributed by atoms with Crippen LogP contribution in [-0.4, -0.2) is 35.2 Å². The third-order valence-electron chi connectivity index (χ3n) is 4.13. The fraction of sp³-hybridized carbons (Fsp3) is 0.467. The first-order chi connectivity index (χ1) is 10.3. The lowest BCUT2D eigenvalue weighted by molar-refractivity contribution is -0.138. The lowest BCUT2D eigenvalue weighted by Gasteiger charge is -2.18. The molecule has 2 aliphatic heterocycles. The lowest BCUT2D eigenvalue weighted by Crippen LogP contribution is -2.24. The van der Waals surface area contributed by atoms with Crippen molar-refractivity contribution in [3.63, 3.8) is 0 Å². The Kier molecular flexibility index (Phi) is 3.38. The molecule has 1 aromatic rings. The topological polar surface area (TPSA) is 40.6 Å². The van der Waals surface area contributed by atoms with E-state index >= 15 is 0 Å². The van der Waals surface area contributed by atoms with Crippen molar-refractivity contribution in [3.8, 4) is 0 Å². The highest BCUT2D eigenvalue weighted by atomic mass is 19.4. The standard InChI is InChI=1S/C15H15F3N2O2/c1-19-8-11-10(14(19)22)5-9(6-12(11)15(16,17)18)7-20-4-2-3-13(20)21/h5-6H,2-4,7-8H2,1H3. The molecular weight excluding hydrogens is 297 g/mol. The van der Waals surface area contributed by atoms with Crippen LogP contribution in [0.1, 0.15) is 39.9 Å². The van der Waals surface area contributed by atoms with E-state index in [1.807, 2.05) is 0 Å². The van der Waals surface area contributed by atoms with Crippen molar-refractivity contribution >= 4 is 11.8 Å². The van der Waals surface area contributed by atoms with Crippen molar-refractivity contribution in [2.24, 2.45) is 0 Å². The highest BCUT2D eigenvalue weighted by Crippen LogP contribution is 2.38. The molecule has 2 aliphatic rings. The van der Waals surface area contributed by atoms with E-state index in [9.17, 15) is 22.8 Å². The van der Waals surface area contributed by atoms with Crippen LogP contribution in [0.4, 0.5) is 13.2 Å². The summed E-state index contributed by atoms with van der Waals surface area (Å²) in [6, 6.07) is 2.55. The van der Waals surface area contributed by atoms with Crippen molar-refractivity contribution < 1.29 is 22.8 Å². The van der Waals surface area contributed by atoms with Crippen LogP contribution in [0.25, 0.3) is 0 Å². The molecule has 0 radical (unpaired) electrons. The summed E-state index contributed by atoms with van der Waals surface area (Å²) in [4.78, 5) is 26.4. The number of rotatable bonds is 2. The van der Waals surface area contributed by atoms with E-state index in [1.165, 1.54) is 22.9 Å². The molecule has 7 heteroatoms. The smallest absolute Gasteiger partial charge is 0.338 e. The van der Waals surface area contributed by atoms with Crippen LogP contribution < -0.4 is 0 Å². The highest BCUT2D eigenvalue weighted by molar-refractivity contribution is 5.98. The monoisotopic (exact) mass is 312 g/mol. The molecule has 1 saturated heterocycles. The van der Waals surface area contributed by atoms with E-state index in [-0.39, 0.29) is 30.1 Å². The zero-order valence-electron chi connectivity index (χ0n) is 12.0. The second-order valence-corrected chi connectivity index (χ2v) is 5.75. The molecule has 0 aliphatic carbocycles. The average Bonchev–Trinajstić information content (AvgIpc) is 2.94. The first-order valence-corrected chi connectivity index (χ1v) is 7.03. The maximum atomic E-state index is 13.3. The van der Waals surface area contributed by atoms with Gasteiger partial charge in [0.15, 0.2) is 0 Å². The van der Waals surface area contributed by atoms with Gasteiger partial charge in [0, 0.05) is 38.7 Å². The van der Waals surface area contributed by atoms with Gasteiger partial charge >= 0.3 is 6.18 Å². The summed E-state index contributed by atoms with van der Waals surface area (Å²) in [7, 11) is 1.48. The minimum absolute atomic E-state index is 0.0245. The van der Waals surface area contributed by atoms with Crippen LogP contribution in [0.5, 0.6) is 0 Å². The van der Waals surface area contributed by atoms with Crippen molar-refractivity contribution in [3.05, 3.63) is 34.4 Å². The first-order valence-electron chi connectivity index (χ1n) is 7.03. The van der Waals surface area contributed by atoms with Crippen LogP contribution >= 0.6 is 0 Å². The number of hydrogen-bond donors (Lipinski definition) is 0. The normalized spacial score (nSPS) is 18.4. The van der Waals surface area contributed by atoms with Gasteiger partial charge in [-0.25, -0.2) is 0 Å². The zero-order valence-corrected chi connectivity index (χ0v) is 12.0. The van der Waals surface area contributed by atoms with E-state index in [4.69, 9.17) is 0 Å². The Labute approximate surface area is 125 Å². The number of benzene rings is 1. The van der Waals surface area contributed by atoms with Crippen LogP contribution in [0, 0.1) is 0 Å². The number of hydrogen-bond acceptors (Lipinski definition) is 2. The molecule has 1 fully saturated rings. The molecule has 2 heterocycles. The molecule has 4 nitrogen and oxygen atoms in total. The first kappa shape index (κ1) is 14.9. The zero-order chi connectivity index (χ0) is 16.1. The Morgan fingerprint density at radius 1 is 1.23 bits per heavy atom. The number of fused-ring (bicyclic) bond motifs is 1. The molecule has 0 unspecified atom stereocenters. The number of carbonyl (C=O) groups is 2. The Balaban J connectivity index is 2.02. The molecule has 0 atom stereocenters. The van der Waals surface area contributed by atoms with Crippen molar-refractivity contribution in [2.45, 2.75) is 32.1 Å². The van der Waals surface area contributed by atoms with Gasteiger partial charge in [-0.05, 0) is 29.7 Å². The average molecular weight is 312 g/mol. The van der Waals surface area contributed by atoms with Crippen LogP contribution in [0.15, 0.2) is 12.1 Å². The van der Waals surface area contributed by atoms with Crippen LogP contribution in [-0.2, 0) is 24.1 Å². The molecule has 0 saturated carbocycles. The number of halogens is 3. The minimum Gasteiger partial charge on any atom is -0.338 e. The van der Waals surface area contributed by atoms with E-state index < -0.39 is 17.6 Å². The summed E-state index contributed by atoms with van der Waals surface area (Å²) in [6.45, 7) is 0.628. The van der Waals surface area contributed by atoms with Gasteiger partial charge in [0.05, 0.1) is 5.56 Å². The van der Waals surface area contributed by atoms with Crippen molar-refractivity contribution in [1.29, 1.82) is 0 Å². The quantitative estimate of drug-likeness (QED) is 0.841. The van der Waals surface area contributed by atoms with Gasteiger partial charge in [0.1, 0.15) is 0 Å².